The van der Waals surface area contributed by atoms with Gasteiger partial charge < -0.3 is 14.4 Å². The van der Waals surface area contributed by atoms with Crippen molar-refractivity contribution in [2.24, 2.45) is 7.05 Å². The van der Waals surface area contributed by atoms with Crippen molar-refractivity contribution in [2.75, 3.05) is 49.1 Å². The predicted octanol–water partition coefficient (Wildman–Crippen LogP) is -0.419. The van der Waals surface area contributed by atoms with E-state index in [1.54, 1.807) is 36.4 Å². The maximum absolute atomic E-state index is 12.1. The number of anilines is 2. The molecule has 0 aliphatic carbocycles. The van der Waals surface area contributed by atoms with Crippen LogP contribution in [-0.4, -0.2) is 69.7 Å². The standard InChI is InChI=1S/C16H21N7O/c1-20-6-5-17-14(15(20)24)23-11-13(12-23)21-7-9-22(10-8-21)16-18-3-2-4-19-16/h2-6,13H,7-12H2,1H3. The van der Waals surface area contributed by atoms with Crippen LogP contribution in [0.2, 0.25) is 0 Å². The van der Waals surface area contributed by atoms with E-state index in [1.807, 2.05) is 6.07 Å². The summed E-state index contributed by atoms with van der Waals surface area (Å²) in [6.07, 6.45) is 6.94. The van der Waals surface area contributed by atoms with Gasteiger partial charge in [-0.05, 0) is 6.07 Å². The molecule has 0 radical (unpaired) electrons. The summed E-state index contributed by atoms with van der Waals surface area (Å²) in [5, 5.41) is 0. The molecule has 0 unspecified atom stereocenters. The molecule has 0 atom stereocenters. The molecule has 0 N–H and O–H groups in total. The van der Waals surface area contributed by atoms with E-state index in [4.69, 9.17) is 0 Å². The zero-order valence-electron chi connectivity index (χ0n) is 13.7. The zero-order chi connectivity index (χ0) is 16.5. The molecule has 2 fully saturated rings. The minimum absolute atomic E-state index is 0.0259. The Hall–Kier alpha value is -2.48. The number of rotatable bonds is 3. The Bertz CT molecular complexity index is 749. The van der Waals surface area contributed by atoms with Gasteiger partial charge in [0, 0.05) is 77.1 Å². The molecular weight excluding hydrogens is 306 g/mol. The lowest BCUT2D eigenvalue weighted by Gasteiger charge is -2.48. The first-order valence-electron chi connectivity index (χ1n) is 8.25. The van der Waals surface area contributed by atoms with Crippen LogP contribution in [0.1, 0.15) is 0 Å². The van der Waals surface area contributed by atoms with Crippen molar-refractivity contribution in [3.8, 4) is 0 Å². The highest BCUT2D eigenvalue weighted by atomic mass is 16.1. The number of aryl methyl sites for hydroxylation is 1. The van der Waals surface area contributed by atoms with Crippen LogP contribution in [0.5, 0.6) is 0 Å². The van der Waals surface area contributed by atoms with Crippen molar-refractivity contribution >= 4 is 11.8 Å². The van der Waals surface area contributed by atoms with Crippen LogP contribution >= 0.6 is 0 Å². The number of nitrogens with zero attached hydrogens (tertiary/aromatic N) is 7. The highest BCUT2D eigenvalue weighted by molar-refractivity contribution is 5.40. The largest absolute Gasteiger partial charge is 0.349 e. The van der Waals surface area contributed by atoms with Gasteiger partial charge in [0.15, 0.2) is 5.82 Å². The number of piperazine rings is 1. The van der Waals surface area contributed by atoms with Crippen molar-refractivity contribution in [3.63, 3.8) is 0 Å². The van der Waals surface area contributed by atoms with Crippen molar-refractivity contribution in [1.29, 1.82) is 0 Å². The minimum atomic E-state index is -0.0259. The third-order valence-corrected chi connectivity index (χ3v) is 4.83. The van der Waals surface area contributed by atoms with Crippen LogP contribution in [0.3, 0.4) is 0 Å². The summed E-state index contributed by atoms with van der Waals surface area (Å²) in [6.45, 7) is 5.61. The molecule has 4 heterocycles. The zero-order valence-corrected chi connectivity index (χ0v) is 13.7. The lowest BCUT2D eigenvalue weighted by atomic mass is 10.1. The second kappa shape index (κ2) is 6.20. The summed E-state index contributed by atoms with van der Waals surface area (Å²) >= 11 is 0. The molecular formula is C16H21N7O. The molecule has 4 rings (SSSR count). The first kappa shape index (κ1) is 15.1. The van der Waals surface area contributed by atoms with Gasteiger partial charge in [-0.3, -0.25) is 9.69 Å². The molecule has 0 bridgehead atoms. The molecule has 8 nitrogen and oxygen atoms in total. The van der Waals surface area contributed by atoms with Gasteiger partial charge in [0.25, 0.3) is 5.56 Å². The second-order valence-electron chi connectivity index (χ2n) is 6.30. The van der Waals surface area contributed by atoms with Crippen LogP contribution in [0.25, 0.3) is 0 Å². The maximum atomic E-state index is 12.1. The van der Waals surface area contributed by atoms with Crippen molar-refractivity contribution in [3.05, 3.63) is 41.2 Å². The molecule has 126 valence electrons. The average molecular weight is 327 g/mol. The molecule has 0 aromatic carbocycles. The Morgan fingerprint density at radius 2 is 1.67 bits per heavy atom. The van der Waals surface area contributed by atoms with Crippen LogP contribution in [-0.2, 0) is 7.05 Å². The van der Waals surface area contributed by atoms with Gasteiger partial charge in [0.1, 0.15) is 0 Å². The van der Waals surface area contributed by atoms with E-state index >= 15 is 0 Å². The molecule has 0 spiro atoms. The topological polar surface area (TPSA) is 70.4 Å². The van der Waals surface area contributed by atoms with Crippen LogP contribution < -0.4 is 15.4 Å². The van der Waals surface area contributed by atoms with Gasteiger partial charge in [0.05, 0.1) is 0 Å². The monoisotopic (exact) mass is 327 g/mol. The first-order valence-corrected chi connectivity index (χ1v) is 8.25. The highest BCUT2D eigenvalue weighted by Crippen LogP contribution is 2.21. The van der Waals surface area contributed by atoms with E-state index in [0.29, 0.717) is 11.9 Å². The van der Waals surface area contributed by atoms with Gasteiger partial charge in [-0.1, -0.05) is 0 Å². The number of aromatic nitrogens is 4. The Kier molecular flexibility index (Phi) is 3.89. The van der Waals surface area contributed by atoms with Gasteiger partial charge in [-0.15, -0.1) is 0 Å². The normalized spacial score (nSPS) is 19.4. The third-order valence-electron chi connectivity index (χ3n) is 4.83. The van der Waals surface area contributed by atoms with Crippen LogP contribution in [0, 0.1) is 0 Å². The molecule has 2 aliphatic heterocycles. The van der Waals surface area contributed by atoms with Crippen molar-refractivity contribution in [1.82, 2.24) is 24.4 Å². The van der Waals surface area contributed by atoms with Gasteiger partial charge in [0.2, 0.25) is 5.95 Å². The molecule has 0 amide bonds. The van der Waals surface area contributed by atoms with Crippen LogP contribution in [0.15, 0.2) is 35.6 Å². The summed E-state index contributed by atoms with van der Waals surface area (Å²) in [5.74, 6) is 1.37. The Balaban J connectivity index is 1.32. The van der Waals surface area contributed by atoms with Crippen molar-refractivity contribution < 1.29 is 0 Å². The minimum Gasteiger partial charge on any atom is -0.349 e. The quantitative estimate of drug-likeness (QED) is 0.758. The third kappa shape index (κ3) is 2.73. The summed E-state index contributed by atoms with van der Waals surface area (Å²) in [5.41, 5.74) is -0.0259. The van der Waals surface area contributed by atoms with E-state index in [2.05, 4.69) is 29.7 Å². The van der Waals surface area contributed by atoms with E-state index in [-0.39, 0.29) is 5.56 Å². The molecule has 2 aliphatic rings. The first-order chi connectivity index (χ1) is 11.7. The smallest absolute Gasteiger partial charge is 0.293 e. The maximum Gasteiger partial charge on any atom is 0.293 e. The van der Waals surface area contributed by atoms with E-state index in [0.717, 1.165) is 45.2 Å². The van der Waals surface area contributed by atoms with Gasteiger partial charge in [-0.25, -0.2) is 15.0 Å². The summed E-state index contributed by atoms with van der Waals surface area (Å²) in [6, 6.07) is 2.33. The van der Waals surface area contributed by atoms with Gasteiger partial charge in [-0.2, -0.15) is 0 Å². The Morgan fingerprint density at radius 3 is 2.38 bits per heavy atom. The molecule has 2 saturated heterocycles. The van der Waals surface area contributed by atoms with E-state index < -0.39 is 0 Å². The summed E-state index contributed by atoms with van der Waals surface area (Å²) < 4.78 is 1.58. The van der Waals surface area contributed by atoms with Crippen LogP contribution in [0.4, 0.5) is 11.8 Å². The van der Waals surface area contributed by atoms with Gasteiger partial charge >= 0.3 is 0 Å². The highest BCUT2D eigenvalue weighted by Gasteiger charge is 2.35. The SMILES string of the molecule is Cn1ccnc(N2CC(N3CCN(c4ncccn4)CC3)C2)c1=O. The fourth-order valence-corrected chi connectivity index (χ4v) is 3.30. The van der Waals surface area contributed by atoms with Crippen molar-refractivity contribution in [2.45, 2.75) is 6.04 Å². The summed E-state index contributed by atoms with van der Waals surface area (Å²) in [7, 11) is 1.76. The molecule has 2 aromatic heterocycles. The summed E-state index contributed by atoms with van der Waals surface area (Å²) in [4.78, 5) is 31.8. The van der Waals surface area contributed by atoms with E-state index in [1.165, 1.54) is 0 Å². The molecule has 2 aromatic rings. The number of hydrogen-bond donors (Lipinski definition) is 0. The fraction of sp³-hybridized carbons (Fsp3) is 0.500. The number of hydrogen-bond acceptors (Lipinski definition) is 7. The predicted molar refractivity (Wildman–Crippen MR) is 91.3 cm³/mol. The molecule has 8 heteroatoms. The Labute approximate surface area is 140 Å². The molecule has 0 saturated carbocycles. The fourth-order valence-electron chi connectivity index (χ4n) is 3.30. The Morgan fingerprint density at radius 1 is 0.958 bits per heavy atom. The van der Waals surface area contributed by atoms with E-state index in [9.17, 15) is 4.79 Å². The second-order valence-corrected chi connectivity index (χ2v) is 6.30. The lowest BCUT2D eigenvalue weighted by molar-refractivity contribution is 0.156. The average Bonchev–Trinajstić information content (AvgIpc) is 2.59. The molecule has 24 heavy (non-hydrogen) atoms. The lowest BCUT2D eigenvalue weighted by Crippen LogP contribution is -2.64.